The fourth-order valence-corrected chi connectivity index (χ4v) is 11.0. The van der Waals surface area contributed by atoms with Crippen LogP contribution < -0.4 is 4.90 Å². The molecule has 0 fully saturated rings. The first-order valence-electron chi connectivity index (χ1n) is 21.3. The third-order valence-electron chi connectivity index (χ3n) is 12.5. The van der Waals surface area contributed by atoms with Crippen LogP contribution in [0.1, 0.15) is 53.9 Å². The zero-order valence-electron chi connectivity index (χ0n) is 33.8. The molecule has 294 valence electrons. The van der Waals surface area contributed by atoms with E-state index in [1.165, 1.54) is 65.9 Å². The SMILES string of the molecule is Clc1cccc2c1N(c1cccc3ccccc13)c1ccc(-c3ccc4c(c3)-c3ccccc3CC4CC/C3=N/C(c4ccccc4)=C\C(c4ccccc4)=C/CC3)cc1S2. The Hall–Kier alpha value is -6.39. The van der Waals surface area contributed by atoms with E-state index in [0.717, 1.165) is 70.3 Å². The Morgan fingerprint density at radius 2 is 1.34 bits per heavy atom. The molecule has 2 nitrogen and oxygen atoms in total. The zero-order valence-corrected chi connectivity index (χ0v) is 35.3. The van der Waals surface area contributed by atoms with Gasteiger partial charge in [0.05, 0.1) is 27.8 Å². The van der Waals surface area contributed by atoms with E-state index in [9.17, 15) is 0 Å². The molecule has 0 aromatic heterocycles. The molecule has 0 saturated carbocycles. The van der Waals surface area contributed by atoms with Gasteiger partial charge in [-0.1, -0.05) is 175 Å². The smallest absolute Gasteiger partial charge is 0.0788 e. The predicted molar refractivity (Wildman–Crippen MR) is 260 cm³/mol. The maximum atomic E-state index is 7.02. The Kier molecular flexibility index (Phi) is 10.0. The van der Waals surface area contributed by atoms with Crippen LogP contribution in [-0.2, 0) is 6.42 Å². The van der Waals surface area contributed by atoms with Crippen molar-refractivity contribution >= 4 is 68.2 Å². The number of halogens is 1. The molecule has 0 amide bonds. The highest BCUT2D eigenvalue weighted by atomic mass is 35.5. The first-order chi connectivity index (χ1) is 30.1. The summed E-state index contributed by atoms with van der Waals surface area (Å²) >= 11 is 8.83. The van der Waals surface area contributed by atoms with Crippen LogP contribution in [0, 0.1) is 0 Å². The summed E-state index contributed by atoms with van der Waals surface area (Å²) in [6.45, 7) is 0. The van der Waals surface area contributed by atoms with Gasteiger partial charge in [-0.15, -0.1) is 0 Å². The Morgan fingerprint density at radius 1 is 0.607 bits per heavy atom. The molecule has 0 saturated heterocycles. The van der Waals surface area contributed by atoms with E-state index in [1.807, 2.05) is 6.07 Å². The Morgan fingerprint density at radius 3 is 2.23 bits per heavy atom. The van der Waals surface area contributed by atoms with Gasteiger partial charge in [0.2, 0.25) is 0 Å². The van der Waals surface area contributed by atoms with E-state index >= 15 is 0 Å². The van der Waals surface area contributed by atoms with Crippen molar-refractivity contribution in [2.45, 2.75) is 47.8 Å². The normalized spacial score (nSPS) is 18.1. The fourth-order valence-electron chi connectivity index (χ4n) is 9.54. The first-order valence-corrected chi connectivity index (χ1v) is 22.5. The molecular formula is C57H43ClN2S. The van der Waals surface area contributed by atoms with E-state index in [0.29, 0.717) is 5.92 Å². The second-order valence-corrected chi connectivity index (χ2v) is 17.7. The Bertz CT molecular complexity index is 3050. The first kappa shape index (κ1) is 37.6. The van der Waals surface area contributed by atoms with Crippen molar-refractivity contribution < 1.29 is 0 Å². The maximum Gasteiger partial charge on any atom is 0.0788 e. The summed E-state index contributed by atoms with van der Waals surface area (Å²) in [5.74, 6) is 0.404. The summed E-state index contributed by atoms with van der Waals surface area (Å²) in [4.78, 5) is 10.2. The largest absolute Gasteiger partial charge is 0.306 e. The molecule has 61 heavy (non-hydrogen) atoms. The van der Waals surface area contributed by atoms with Crippen molar-refractivity contribution in [2.24, 2.45) is 4.99 Å². The van der Waals surface area contributed by atoms with Gasteiger partial charge in [-0.05, 0) is 130 Å². The quantitative estimate of drug-likeness (QED) is 0.159. The molecule has 2 aliphatic heterocycles. The molecule has 1 aliphatic carbocycles. The number of allylic oxidation sites excluding steroid dienone is 3. The molecule has 0 N–H and O–H groups in total. The van der Waals surface area contributed by atoms with Gasteiger partial charge >= 0.3 is 0 Å². The second kappa shape index (κ2) is 16.2. The molecule has 0 bridgehead atoms. The predicted octanol–water partition coefficient (Wildman–Crippen LogP) is 16.5. The molecule has 1 unspecified atom stereocenters. The number of benzene rings is 8. The van der Waals surface area contributed by atoms with Crippen LogP contribution in [0.2, 0.25) is 5.02 Å². The highest BCUT2D eigenvalue weighted by molar-refractivity contribution is 7.99. The number of nitrogens with zero attached hydrogens (tertiary/aromatic N) is 2. The van der Waals surface area contributed by atoms with Crippen LogP contribution in [0.4, 0.5) is 17.1 Å². The summed E-state index contributed by atoms with van der Waals surface area (Å²) in [5.41, 5.74) is 17.3. The molecule has 2 heterocycles. The van der Waals surface area contributed by atoms with Gasteiger partial charge in [-0.2, -0.15) is 0 Å². The van der Waals surface area contributed by atoms with Gasteiger partial charge in [0.25, 0.3) is 0 Å². The maximum absolute atomic E-state index is 7.02. The van der Waals surface area contributed by atoms with Crippen LogP contribution in [0.15, 0.2) is 209 Å². The van der Waals surface area contributed by atoms with Crippen LogP contribution in [0.3, 0.4) is 0 Å². The van der Waals surface area contributed by atoms with Crippen LogP contribution in [-0.4, -0.2) is 5.71 Å². The summed E-state index contributed by atoms with van der Waals surface area (Å²) in [7, 11) is 0. The van der Waals surface area contributed by atoms with Gasteiger partial charge in [0.15, 0.2) is 0 Å². The van der Waals surface area contributed by atoms with Crippen LogP contribution in [0.25, 0.3) is 44.3 Å². The van der Waals surface area contributed by atoms with E-state index in [1.54, 1.807) is 11.8 Å². The molecule has 8 aromatic rings. The fraction of sp³-hybridized carbons (Fsp3) is 0.105. The lowest BCUT2D eigenvalue weighted by atomic mass is 9.75. The number of rotatable bonds is 7. The lowest BCUT2D eigenvalue weighted by Gasteiger charge is -2.34. The van der Waals surface area contributed by atoms with Gasteiger partial charge in [-0.3, -0.25) is 4.99 Å². The summed E-state index contributed by atoms with van der Waals surface area (Å²) in [6.07, 6.45) is 9.68. The average molecular weight is 824 g/mol. The lowest BCUT2D eigenvalue weighted by molar-refractivity contribution is 0.629. The lowest BCUT2D eigenvalue weighted by Crippen LogP contribution is -2.16. The summed E-state index contributed by atoms with van der Waals surface area (Å²) in [5, 5.41) is 3.16. The zero-order chi connectivity index (χ0) is 40.7. The average Bonchev–Trinajstić information content (AvgIpc) is 3.30. The summed E-state index contributed by atoms with van der Waals surface area (Å²) < 4.78 is 0. The second-order valence-electron chi connectivity index (χ2n) is 16.2. The molecule has 8 aromatic carbocycles. The third kappa shape index (κ3) is 7.22. The van der Waals surface area contributed by atoms with Gasteiger partial charge in [0.1, 0.15) is 0 Å². The standard InChI is InChI=1S/C57H43ClN2S/c58-51-25-13-27-55-57(51)60(53-26-12-20-39-16-7-10-24-49(39)53)54-33-30-43(37-56(54)61-55)42-29-32-48-45(34-44-19-8-9-23-47(44)50(48)35-42)28-31-46-22-11-21-41(38-14-3-1-4-15-38)36-52(59-46)40-17-5-2-6-18-40/h1-10,12-21,23-27,29-30,32-33,35-37,45H,11,22,28,31,34H2/b41-21+,52-36-,59-46+. The summed E-state index contributed by atoms with van der Waals surface area (Å²) in [6, 6.07) is 65.9. The van der Waals surface area contributed by atoms with E-state index in [4.69, 9.17) is 16.6 Å². The minimum atomic E-state index is 0.404. The highest BCUT2D eigenvalue weighted by Gasteiger charge is 2.30. The van der Waals surface area contributed by atoms with Crippen molar-refractivity contribution in [3.63, 3.8) is 0 Å². The molecule has 4 heteroatoms. The van der Waals surface area contributed by atoms with Crippen molar-refractivity contribution in [1.82, 2.24) is 0 Å². The third-order valence-corrected chi connectivity index (χ3v) is 13.9. The van der Waals surface area contributed by atoms with Crippen LogP contribution in [0.5, 0.6) is 0 Å². The number of para-hydroxylation sites is 1. The molecule has 11 rings (SSSR count). The van der Waals surface area contributed by atoms with Crippen molar-refractivity contribution in [3.8, 4) is 22.3 Å². The molecule has 1 atom stereocenters. The molecule has 0 radical (unpaired) electrons. The number of aliphatic imine (C=N–C) groups is 1. The highest BCUT2D eigenvalue weighted by Crippen LogP contribution is 2.55. The van der Waals surface area contributed by atoms with Crippen molar-refractivity contribution in [1.29, 1.82) is 0 Å². The van der Waals surface area contributed by atoms with Gasteiger partial charge in [0, 0.05) is 26.5 Å². The van der Waals surface area contributed by atoms with E-state index in [-0.39, 0.29) is 0 Å². The topological polar surface area (TPSA) is 15.6 Å². The van der Waals surface area contributed by atoms with Crippen LogP contribution >= 0.6 is 23.4 Å². The number of anilines is 3. The Labute approximate surface area is 367 Å². The number of hydrogen-bond donors (Lipinski definition) is 0. The number of fused-ring (bicyclic) bond motifs is 6. The minimum absolute atomic E-state index is 0.404. The van der Waals surface area contributed by atoms with Crippen molar-refractivity contribution in [2.75, 3.05) is 4.90 Å². The Balaban J connectivity index is 0.927. The minimum Gasteiger partial charge on any atom is -0.306 e. The van der Waals surface area contributed by atoms with Gasteiger partial charge in [-0.25, -0.2) is 0 Å². The van der Waals surface area contributed by atoms with E-state index in [2.05, 4.69) is 193 Å². The number of hydrogen-bond acceptors (Lipinski definition) is 3. The van der Waals surface area contributed by atoms with Gasteiger partial charge < -0.3 is 4.90 Å². The monoisotopic (exact) mass is 822 g/mol. The molecule has 0 spiro atoms. The van der Waals surface area contributed by atoms with Crippen molar-refractivity contribution in [3.05, 3.63) is 221 Å². The van der Waals surface area contributed by atoms with E-state index < -0.39 is 0 Å². The molecular weight excluding hydrogens is 780 g/mol. The molecule has 3 aliphatic rings.